The Kier molecular flexibility index (Phi) is 4.45. The van der Waals surface area contributed by atoms with Crippen molar-refractivity contribution in [2.24, 2.45) is 0 Å². The number of esters is 2. The summed E-state index contributed by atoms with van der Waals surface area (Å²) < 4.78 is 15.4. The molecule has 1 N–H and O–H groups in total. The van der Waals surface area contributed by atoms with Gasteiger partial charge >= 0.3 is 11.9 Å². The Labute approximate surface area is 116 Å². The Morgan fingerprint density at radius 1 is 1.35 bits per heavy atom. The average Bonchev–Trinajstić information content (AvgIpc) is 2.98. The van der Waals surface area contributed by atoms with E-state index >= 15 is 0 Å². The Hall–Kier alpha value is -2.24. The van der Waals surface area contributed by atoms with Gasteiger partial charge in [0, 0.05) is 25.0 Å². The van der Waals surface area contributed by atoms with Crippen molar-refractivity contribution in [2.75, 3.05) is 0 Å². The van der Waals surface area contributed by atoms with Gasteiger partial charge < -0.3 is 18.9 Å². The summed E-state index contributed by atoms with van der Waals surface area (Å²) in [6.45, 7) is 3.65. The van der Waals surface area contributed by atoms with Crippen LogP contribution < -0.4 is 0 Å². The van der Waals surface area contributed by atoms with Crippen molar-refractivity contribution >= 4 is 23.0 Å². The molecule has 20 heavy (non-hydrogen) atoms. The molecule has 6 nitrogen and oxygen atoms in total. The highest BCUT2D eigenvalue weighted by atomic mass is 16.7. The van der Waals surface area contributed by atoms with E-state index in [0.29, 0.717) is 30.4 Å². The fourth-order valence-electron chi connectivity index (χ4n) is 1.74. The van der Waals surface area contributed by atoms with Crippen LogP contribution in [0, 0.1) is 0 Å². The van der Waals surface area contributed by atoms with Gasteiger partial charge in [0.2, 0.25) is 6.29 Å². The van der Waals surface area contributed by atoms with Gasteiger partial charge in [-0.05, 0) is 6.42 Å². The van der Waals surface area contributed by atoms with E-state index in [2.05, 4.69) is 4.98 Å². The molecule has 0 aliphatic carbocycles. The fraction of sp³-hybridized carbons (Fsp3) is 0.429. The summed E-state index contributed by atoms with van der Waals surface area (Å²) >= 11 is 0. The van der Waals surface area contributed by atoms with Crippen molar-refractivity contribution in [2.45, 2.75) is 39.4 Å². The summed E-state index contributed by atoms with van der Waals surface area (Å²) in [5.41, 5.74) is 1.56. The van der Waals surface area contributed by atoms with Gasteiger partial charge in [-0.3, -0.25) is 4.79 Å². The van der Waals surface area contributed by atoms with Crippen molar-refractivity contribution < 1.29 is 23.5 Å². The molecule has 0 aromatic carbocycles. The fourth-order valence-corrected chi connectivity index (χ4v) is 1.74. The number of hydrogen-bond donors (Lipinski definition) is 1. The first-order valence-corrected chi connectivity index (χ1v) is 6.60. The molecule has 0 saturated carbocycles. The maximum Gasteiger partial charge on any atom is 0.357 e. The molecule has 0 saturated heterocycles. The zero-order chi connectivity index (χ0) is 14.5. The van der Waals surface area contributed by atoms with Crippen molar-refractivity contribution in [3.8, 4) is 0 Å². The second-order valence-electron chi connectivity index (χ2n) is 4.36. The molecule has 0 aliphatic heterocycles. The van der Waals surface area contributed by atoms with E-state index in [4.69, 9.17) is 13.9 Å². The molecule has 0 aliphatic rings. The predicted octanol–water partition coefficient (Wildman–Crippen LogP) is 3.00. The molecule has 2 aromatic rings. The van der Waals surface area contributed by atoms with Crippen molar-refractivity contribution in [3.05, 3.63) is 24.1 Å². The summed E-state index contributed by atoms with van der Waals surface area (Å²) in [5, 5.41) is 0. The third kappa shape index (κ3) is 3.20. The number of hydrogen-bond acceptors (Lipinski definition) is 5. The average molecular weight is 279 g/mol. The number of carbonyl (C=O) groups is 2. The molecule has 108 valence electrons. The zero-order valence-electron chi connectivity index (χ0n) is 11.5. The molecular weight excluding hydrogens is 262 g/mol. The van der Waals surface area contributed by atoms with Crippen LogP contribution in [0.25, 0.3) is 11.1 Å². The van der Waals surface area contributed by atoms with Crippen molar-refractivity contribution in [1.82, 2.24) is 4.98 Å². The first-order chi connectivity index (χ1) is 9.63. The number of fused-ring (bicyclic) bond motifs is 1. The van der Waals surface area contributed by atoms with E-state index in [9.17, 15) is 9.59 Å². The Morgan fingerprint density at radius 2 is 2.15 bits per heavy atom. The van der Waals surface area contributed by atoms with Gasteiger partial charge in [-0.15, -0.1) is 0 Å². The highest BCUT2D eigenvalue weighted by Crippen LogP contribution is 2.17. The monoisotopic (exact) mass is 279 g/mol. The van der Waals surface area contributed by atoms with Crippen LogP contribution in [0.1, 0.15) is 43.6 Å². The third-order valence-corrected chi connectivity index (χ3v) is 2.75. The normalized spacial score (nSPS) is 12.3. The molecule has 1 atom stereocenters. The maximum absolute atomic E-state index is 11.9. The molecule has 0 bridgehead atoms. The topological polar surface area (TPSA) is 81.5 Å². The number of H-pyrrole nitrogens is 1. The second-order valence-corrected chi connectivity index (χ2v) is 4.36. The molecule has 0 fully saturated rings. The van der Waals surface area contributed by atoms with Gasteiger partial charge in [0.05, 0.1) is 11.8 Å². The number of rotatable bonds is 6. The van der Waals surface area contributed by atoms with Gasteiger partial charge in [-0.2, -0.15) is 0 Å². The number of aromatic amines is 1. The summed E-state index contributed by atoms with van der Waals surface area (Å²) in [6, 6.07) is 3.27. The molecule has 0 amide bonds. The second kappa shape index (κ2) is 6.27. The van der Waals surface area contributed by atoms with Crippen LogP contribution in [-0.4, -0.2) is 23.2 Å². The molecule has 2 rings (SSSR count). The minimum Gasteiger partial charge on any atom is -0.463 e. The van der Waals surface area contributed by atoms with E-state index in [1.807, 2.05) is 6.92 Å². The van der Waals surface area contributed by atoms with Crippen LogP contribution in [0.5, 0.6) is 0 Å². The number of ether oxygens (including phenoxy) is 2. The maximum atomic E-state index is 11.9. The lowest BCUT2D eigenvalue weighted by molar-refractivity contribution is -0.168. The molecule has 2 aromatic heterocycles. The van der Waals surface area contributed by atoms with Crippen LogP contribution in [-0.2, 0) is 14.3 Å². The Bertz CT molecular complexity index is 569. The van der Waals surface area contributed by atoms with Crippen molar-refractivity contribution in [1.29, 1.82) is 0 Å². The number of nitrogens with one attached hydrogen (secondary N) is 1. The molecule has 1 unspecified atom stereocenters. The Balaban J connectivity index is 1.98. The summed E-state index contributed by atoms with van der Waals surface area (Å²) in [6.07, 6.45) is 2.06. The lowest BCUT2D eigenvalue weighted by atomic mass is 10.3. The molecule has 2 heterocycles. The van der Waals surface area contributed by atoms with Crippen LogP contribution in [0.4, 0.5) is 0 Å². The first-order valence-electron chi connectivity index (χ1n) is 6.60. The molecule has 0 radical (unpaired) electrons. The van der Waals surface area contributed by atoms with E-state index in [1.165, 1.54) is 6.26 Å². The Morgan fingerprint density at radius 3 is 2.80 bits per heavy atom. The van der Waals surface area contributed by atoms with E-state index in [-0.39, 0.29) is 11.7 Å². The minimum absolute atomic E-state index is 0.268. The molecular formula is C14H17NO5. The standard InChI is InChI=1S/C14H17NO5/c1-3-5-12(16)19-13(4-2)20-14(17)10-8-11-9(15-10)6-7-18-11/h6-8,13,15H,3-5H2,1-2H3. The van der Waals surface area contributed by atoms with Gasteiger partial charge in [-0.1, -0.05) is 13.8 Å². The summed E-state index contributed by atoms with van der Waals surface area (Å²) in [5.74, 6) is -0.944. The number of carbonyl (C=O) groups excluding carboxylic acids is 2. The van der Waals surface area contributed by atoms with E-state index in [1.54, 1.807) is 19.1 Å². The first kappa shape index (κ1) is 14.2. The van der Waals surface area contributed by atoms with Gasteiger partial charge in [0.25, 0.3) is 0 Å². The molecule has 0 spiro atoms. The predicted molar refractivity (Wildman–Crippen MR) is 71.1 cm³/mol. The van der Waals surface area contributed by atoms with Crippen LogP contribution in [0.2, 0.25) is 0 Å². The van der Waals surface area contributed by atoms with Crippen LogP contribution in [0.3, 0.4) is 0 Å². The largest absolute Gasteiger partial charge is 0.463 e. The number of aromatic nitrogens is 1. The van der Waals surface area contributed by atoms with E-state index < -0.39 is 12.3 Å². The van der Waals surface area contributed by atoms with E-state index in [0.717, 1.165) is 0 Å². The van der Waals surface area contributed by atoms with Crippen molar-refractivity contribution in [3.63, 3.8) is 0 Å². The zero-order valence-corrected chi connectivity index (χ0v) is 11.5. The van der Waals surface area contributed by atoms with Gasteiger partial charge in [-0.25, -0.2) is 4.79 Å². The highest BCUT2D eigenvalue weighted by molar-refractivity contribution is 5.93. The van der Waals surface area contributed by atoms with Gasteiger partial charge in [0.1, 0.15) is 5.69 Å². The lowest BCUT2D eigenvalue weighted by Crippen LogP contribution is -2.24. The summed E-state index contributed by atoms with van der Waals surface area (Å²) in [7, 11) is 0. The van der Waals surface area contributed by atoms with Crippen LogP contribution >= 0.6 is 0 Å². The minimum atomic E-state index is -0.865. The summed E-state index contributed by atoms with van der Waals surface area (Å²) in [4.78, 5) is 26.2. The smallest absolute Gasteiger partial charge is 0.357 e. The molecule has 6 heteroatoms. The third-order valence-electron chi connectivity index (χ3n) is 2.75. The SMILES string of the molecule is CCCC(=O)OC(CC)OC(=O)c1cc2occc2[nH]1. The van der Waals surface area contributed by atoms with Gasteiger partial charge in [0.15, 0.2) is 5.58 Å². The highest BCUT2D eigenvalue weighted by Gasteiger charge is 2.20. The quantitative estimate of drug-likeness (QED) is 0.649. The van der Waals surface area contributed by atoms with Crippen LogP contribution in [0.15, 0.2) is 22.8 Å². The lowest BCUT2D eigenvalue weighted by Gasteiger charge is -2.16. The number of furan rings is 1.